The maximum absolute atomic E-state index is 12.5. The van der Waals surface area contributed by atoms with E-state index in [2.05, 4.69) is 43.1 Å². The van der Waals surface area contributed by atoms with Crippen molar-refractivity contribution in [1.29, 1.82) is 0 Å². The number of carbonyl (C=O) groups is 1. The van der Waals surface area contributed by atoms with E-state index in [4.69, 9.17) is 19.4 Å². The molecule has 1 saturated carbocycles. The van der Waals surface area contributed by atoms with Gasteiger partial charge in [-0.1, -0.05) is 18.9 Å². The Hall–Kier alpha value is -3.07. The van der Waals surface area contributed by atoms with Crippen LogP contribution in [0.15, 0.2) is 35.1 Å². The Morgan fingerprint density at radius 3 is 2.89 bits per heavy atom. The molecule has 202 valence electrons. The highest BCUT2D eigenvalue weighted by molar-refractivity contribution is 9.10. The van der Waals surface area contributed by atoms with E-state index in [1.165, 1.54) is 0 Å². The van der Waals surface area contributed by atoms with Crippen LogP contribution in [0, 0.1) is 0 Å². The number of carbonyl (C=O) groups excluding carboxylic acids is 1. The zero-order chi connectivity index (χ0) is 26.5. The summed E-state index contributed by atoms with van der Waals surface area (Å²) in [5, 5.41) is 6.82. The number of fused-ring (bicyclic) bond motifs is 3. The van der Waals surface area contributed by atoms with Crippen LogP contribution in [0.5, 0.6) is 11.5 Å². The predicted octanol–water partition coefficient (Wildman–Crippen LogP) is 6.24. The molecule has 1 aliphatic heterocycles. The smallest absolute Gasteiger partial charge is 0.220 e. The van der Waals surface area contributed by atoms with E-state index in [0.717, 1.165) is 95.9 Å². The average molecular weight is 583 g/mol. The topological polar surface area (TPSA) is 89.8 Å². The molecule has 0 unspecified atom stereocenters. The van der Waals surface area contributed by atoms with Crippen molar-refractivity contribution in [2.24, 2.45) is 0 Å². The second-order valence-corrected chi connectivity index (χ2v) is 10.9. The second kappa shape index (κ2) is 12.2. The maximum Gasteiger partial charge on any atom is 0.220 e. The molecule has 3 aromatic rings. The Morgan fingerprint density at radius 2 is 2.05 bits per heavy atom. The Balaban J connectivity index is 1.51. The lowest BCUT2D eigenvalue weighted by Gasteiger charge is -2.29. The molecule has 0 saturated heterocycles. The lowest BCUT2D eigenvalue weighted by Crippen LogP contribution is -2.38. The van der Waals surface area contributed by atoms with Crippen LogP contribution in [0.2, 0.25) is 0 Å². The molecule has 2 N–H and O–H groups in total. The van der Waals surface area contributed by atoms with Gasteiger partial charge in [0.25, 0.3) is 0 Å². The molecule has 5 rings (SSSR count). The number of methoxy groups -OCH3 is 2. The fraction of sp³-hybridized carbons (Fsp3) is 0.483. The van der Waals surface area contributed by atoms with Gasteiger partial charge in [-0.15, -0.1) is 0 Å². The molecular weight excluding hydrogens is 546 g/mol. The van der Waals surface area contributed by atoms with Gasteiger partial charge in [0.05, 0.1) is 26.1 Å². The first-order valence-corrected chi connectivity index (χ1v) is 14.3. The van der Waals surface area contributed by atoms with Gasteiger partial charge in [-0.25, -0.2) is 9.97 Å². The summed E-state index contributed by atoms with van der Waals surface area (Å²) in [4.78, 5) is 22.4. The number of ether oxygens (including phenoxy) is 2. The lowest BCUT2D eigenvalue weighted by molar-refractivity contribution is -0.122. The summed E-state index contributed by atoms with van der Waals surface area (Å²) in [6.45, 7) is 0.537. The molecule has 0 radical (unpaired) electrons. The van der Waals surface area contributed by atoms with E-state index in [9.17, 15) is 4.79 Å². The van der Waals surface area contributed by atoms with Crippen molar-refractivity contribution < 1.29 is 14.3 Å². The van der Waals surface area contributed by atoms with Crippen LogP contribution in [0.3, 0.4) is 0 Å². The van der Waals surface area contributed by atoms with Crippen molar-refractivity contribution in [3.8, 4) is 11.5 Å². The number of imidazole rings is 1. The number of aromatic nitrogens is 3. The third-order valence-corrected chi connectivity index (χ3v) is 8.13. The number of anilines is 1. The van der Waals surface area contributed by atoms with Crippen LogP contribution < -0.4 is 20.1 Å². The van der Waals surface area contributed by atoms with Crippen molar-refractivity contribution in [3.63, 3.8) is 0 Å². The van der Waals surface area contributed by atoms with Crippen LogP contribution in [0.1, 0.15) is 80.8 Å². The van der Waals surface area contributed by atoms with E-state index in [1.54, 1.807) is 14.2 Å². The normalized spacial score (nSPS) is 21.2. The van der Waals surface area contributed by atoms with Gasteiger partial charge >= 0.3 is 0 Å². The average Bonchev–Trinajstić information content (AvgIpc) is 3.29. The number of amides is 1. The highest BCUT2D eigenvalue weighted by atomic mass is 79.9. The Kier molecular flexibility index (Phi) is 8.51. The van der Waals surface area contributed by atoms with Gasteiger partial charge in [-0.05, 0) is 72.7 Å². The van der Waals surface area contributed by atoms with Crippen molar-refractivity contribution in [2.75, 3.05) is 19.5 Å². The zero-order valence-corrected chi connectivity index (χ0v) is 23.7. The summed E-state index contributed by atoms with van der Waals surface area (Å²) in [5.74, 6) is 3.72. The Labute approximate surface area is 232 Å². The zero-order valence-electron chi connectivity index (χ0n) is 22.1. The first kappa shape index (κ1) is 26.5. The number of hydrogen-bond acceptors (Lipinski definition) is 6. The second-order valence-electron chi connectivity index (χ2n) is 10.1. The summed E-state index contributed by atoms with van der Waals surface area (Å²) in [5.41, 5.74) is 2.94. The highest BCUT2D eigenvalue weighted by Gasteiger charge is 2.29. The summed E-state index contributed by atoms with van der Waals surface area (Å²) in [7, 11) is 3.31. The molecule has 1 aromatic carbocycles. The fourth-order valence-electron chi connectivity index (χ4n) is 5.61. The molecule has 2 aliphatic rings. The number of halogens is 1. The standard InChI is InChI=1S/C29H36BrN5O3/c1-37-23-14-13-20(24(16-23)38-2)17-31-28-26-27(30)34-29-19-9-8-10-21(15-19)33-25(36)12-7-5-3-4-6-11-22(18-32-28)35(26)29/h6,11,13-14,16,18-19,21H,3-5,7-10,12,15,17H2,1-2H3,(H,31,32)(H,33,36)/b11-6+/t19-,21-/m1/s1. The number of nitrogens with one attached hydrogen (secondary N) is 2. The number of benzene rings is 1. The van der Waals surface area contributed by atoms with E-state index in [1.807, 2.05) is 24.4 Å². The Morgan fingerprint density at radius 1 is 1.16 bits per heavy atom. The molecule has 1 amide bonds. The van der Waals surface area contributed by atoms with Crippen LogP contribution in [0.4, 0.5) is 5.82 Å². The van der Waals surface area contributed by atoms with Crippen molar-refractivity contribution in [1.82, 2.24) is 19.7 Å². The minimum absolute atomic E-state index is 0.181. The first-order chi connectivity index (χ1) is 18.6. The first-order valence-electron chi connectivity index (χ1n) is 13.5. The molecule has 0 spiro atoms. The molecule has 2 atom stereocenters. The lowest BCUT2D eigenvalue weighted by atomic mass is 9.85. The van der Waals surface area contributed by atoms with Gasteiger partial charge in [-0.2, -0.15) is 0 Å². The molecule has 3 heterocycles. The van der Waals surface area contributed by atoms with E-state index in [-0.39, 0.29) is 17.9 Å². The van der Waals surface area contributed by atoms with Crippen LogP contribution in [-0.2, 0) is 11.3 Å². The number of rotatable bonds is 5. The van der Waals surface area contributed by atoms with Crippen LogP contribution in [-0.4, -0.2) is 40.5 Å². The molecule has 2 bridgehead atoms. The molecule has 1 aliphatic carbocycles. The van der Waals surface area contributed by atoms with Crippen molar-refractivity contribution in [2.45, 2.75) is 76.3 Å². The van der Waals surface area contributed by atoms with Gasteiger partial charge in [0.1, 0.15) is 27.4 Å². The fourth-order valence-corrected chi connectivity index (χ4v) is 6.15. The van der Waals surface area contributed by atoms with E-state index in [0.29, 0.717) is 13.0 Å². The molecule has 1 fully saturated rings. The van der Waals surface area contributed by atoms with Gasteiger partial charge in [0.15, 0.2) is 5.82 Å². The van der Waals surface area contributed by atoms with Crippen LogP contribution in [0.25, 0.3) is 11.6 Å². The molecular formula is C29H36BrN5O3. The van der Waals surface area contributed by atoms with E-state index >= 15 is 0 Å². The van der Waals surface area contributed by atoms with Crippen molar-refractivity contribution in [3.05, 3.63) is 52.2 Å². The maximum atomic E-state index is 12.5. The number of allylic oxidation sites excluding steroid dienone is 1. The van der Waals surface area contributed by atoms with Crippen LogP contribution >= 0.6 is 15.9 Å². The number of hydrogen-bond donors (Lipinski definition) is 2. The summed E-state index contributed by atoms with van der Waals surface area (Å²) < 4.78 is 13.9. The third kappa shape index (κ3) is 5.82. The van der Waals surface area contributed by atoms with E-state index < -0.39 is 0 Å². The Bertz CT molecular complexity index is 1320. The largest absolute Gasteiger partial charge is 0.497 e. The van der Waals surface area contributed by atoms with Gasteiger partial charge in [-0.3, -0.25) is 9.20 Å². The summed E-state index contributed by atoms with van der Waals surface area (Å²) >= 11 is 3.75. The molecule has 2 aromatic heterocycles. The summed E-state index contributed by atoms with van der Waals surface area (Å²) in [6, 6.07) is 6.01. The molecule has 38 heavy (non-hydrogen) atoms. The third-order valence-electron chi connectivity index (χ3n) is 7.58. The molecule has 8 nitrogen and oxygen atoms in total. The molecule has 9 heteroatoms. The SMILES string of the molecule is COc1ccc(CNc2ncc3n4c(nc(Br)c24)[C@@H]2CCC[C@H](C2)NC(=O)CCCCC/C=C/3)c(OC)c1. The minimum atomic E-state index is 0.181. The number of nitrogens with zero attached hydrogens (tertiary/aromatic N) is 3. The van der Waals surface area contributed by atoms with Gasteiger partial charge in [0.2, 0.25) is 5.91 Å². The monoisotopic (exact) mass is 581 g/mol. The van der Waals surface area contributed by atoms with Crippen molar-refractivity contribution >= 4 is 39.2 Å². The highest BCUT2D eigenvalue weighted by Crippen LogP contribution is 2.37. The minimum Gasteiger partial charge on any atom is -0.497 e. The quantitative estimate of drug-likeness (QED) is 0.370. The van der Waals surface area contributed by atoms with Gasteiger partial charge < -0.3 is 20.1 Å². The predicted molar refractivity (Wildman–Crippen MR) is 153 cm³/mol. The van der Waals surface area contributed by atoms with Gasteiger partial charge in [0, 0.05) is 36.6 Å². The summed E-state index contributed by atoms with van der Waals surface area (Å²) in [6.07, 6.45) is 15.0.